The van der Waals surface area contributed by atoms with Crippen LogP contribution in [-0.2, 0) is 17.2 Å². The minimum Gasteiger partial charge on any atom is -0.494 e. The fourth-order valence-electron chi connectivity index (χ4n) is 2.43. The molecule has 0 amide bonds. The van der Waals surface area contributed by atoms with Gasteiger partial charge >= 0.3 is 0 Å². The molecule has 0 radical (unpaired) electrons. The highest BCUT2D eigenvalue weighted by atomic mass is 35.5. The maximum Gasteiger partial charge on any atom is 0.146 e. The molecule has 0 N–H and O–H groups in total. The third kappa shape index (κ3) is 2.91. The van der Waals surface area contributed by atoms with Gasteiger partial charge < -0.3 is 14.0 Å². The molecule has 1 aromatic carbocycles. The van der Waals surface area contributed by atoms with Crippen LogP contribution in [0.4, 0.5) is 0 Å². The summed E-state index contributed by atoms with van der Waals surface area (Å²) in [7, 11) is 1.65. The lowest BCUT2D eigenvalue weighted by molar-refractivity contribution is -0.0220. The molecule has 5 heteroatoms. The van der Waals surface area contributed by atoms with E-state index in [1.54, 1.807) is 7.11 Å². The van der Waals surface area contributed by atoms with Crippen molar-refractivity contribution in [3.63, 3.8) is 0 Å². The van der Waals surface area contributed by atoms with Crippen molar-refractivity contribution in [2.75, 3.05) is 13.7 Å². The van der Waals surface area contributed by atoms with Crippen LogP contribution in [0.2, 0.25) is 0 Å². The molecule has 0 bridgehead atoms. The minimum absolute atomic E-state index is 0.272. The molecule has 1 heterocycles. The number of ether oxygens (including phenoxy) is 2. The van der Waals surface area contributed by atoms with Crippen LogP contribution in [-0.4, -0.2) is 28.9 Å². The standard InChI is InChI=1S/C15H21ClN2O2/c1-5-20-15(2,3)10-18-11-7-6-8-12(19-4)14(11)17-13(18)9-16/h6-8H,5,9-10H2,1-4H3. The summed E-state index contributed by atoms with van der Waals surface area (Å²) in [5.41, 5.74) is 1.59. The first-order valence-corrected chi connectivity index (χ1v) is 7.28. The Hall–Kier alpha value is -1.26. The van der Waals surface area contributed by atoms with E-state index < -0.39 is 0 Å². The highest BCUT2D eigenvalue weighted by molar-refractivity contribution is 6.16. The zero-order valence-corrected chi connectivity index (χ0v) is 13.2. The zero-order chi connectivity index (χ0) is 14.8. The van der Waals surface area contributed by atoms with Gasteiger partial charge in [0, 0.05) is 6.61 Å². The monoisotopic (exact) mass is 296 g/mol. The number of halogens is 1. The highest BCUT2D eigenvalue weighted by Gasteiger charge is 2.22. The molecule has 0 aliphatic carbocycles. The largest absolute Gasteiger partial charge is 0.494 e. The molecule has 0 unspecified atom stereocenters. The van der Waals surface area contributed by atoms with E-state index in [1.807, 2.05) is 25.1 Å². The van der Waals surface area contributed by atoms with Gasteiger partial charge in [-0.05, 0) is 32.9 Å². The van der Waals surface area contributed by atoms with Gasteiger partial charge in [-0.2, -0.15) is 0 Å². The maximum atomic E-state index is 6.04. The van der Waals surface area contributed by atoms with Crippen molar-refractivity contribution in [1.29, 1.82) is 0 Å². The van der Waals surface area contributed by atoms with Gasteiger partial charge in [0.05, 0.1) is 30.7 Å². The average molecular weight is 297 g/mol. The van der Waals surface area contributed by atoms with Crippen LogP contribution in [0.1, 0.15) is 26.6 Å². The van der Waals surface area contributed by atoms with Crippen molar-refractivity contribution in [2.45, 2.75) is 38.8 Å². The highest BCUT2D eigenvalue weighted by Crippen LogP contribution is 2.28. The molecule has 0 aliphatic rings. The number of imidazole rings is 1. The zero-order valence-electron chi connectivity index (χ0n) is 12.4. The summed E-state index contributed by atoms with van der Waals surface area (Å²) in [6.45, 7) is 7.52. The summed E-state index contributed by atoms with van der Waals surface area (Å²) in [4.78, 5) is 4.60. The number of fused-ring (bicyclic) bond motifs is 1. The Bertz CT molecular complexity index is 593. The Morgan fingerprint density at radius 3 is 2.70 bits per heavy atom. The van der Waals surface area contributed by atoms with E-state index in [-0.39, 0.29) is 5.60 Å². The Morgan fingerprint density at radius 2 is 2.10 bits per heavy atom. The molecular formula is C15H21ClN2O2. The second kappa shape index (κ2) is 6.02. The number of hydrogen-bond donors (Lipinski definition) is 0. The lowest BCUT2D eigenvalue weighted by Crippen LogP contribution is -2.31. The van der Waals surface area contributed by atoms with E-state index in [0.29, 0.717) is 19.0 Å². The molecule has 2 rings (SSSR count). The molecule has 2 aromatic rings. The summed E-state index contributed by atoms with van der Waals surface area (Å²) in [6.07, 6.45) is 0. The van der Waals surface area contributed by atoms with Crippen molar-refractivity contribution in [2.24, 2.45) is 0 Å². The molecular weight excluding hydrogens is 276 g/mol. The molecule has 0 saturated carbocycles. The molecule has 0 atom stereocenters. The van der Waals surface area contributed by atoms with E-state index in [0.717, 1.165) is 22.6 Å². The van der Waals surface area contributed by atoms with Gasteiger partial charge in [0.15, 0.2) is 0 Å². The van der Waals surface area contributed by atoms with E-state index in [2.05, 4.69) is 23.4 Å². The molecule has 20 heavy (non-hydrogen) atoms. The Balaban J connectivity index is 2.51. The normalized spacial score (nSPS) is 12.1. The van der Waals surface area contributed by atoms with Gasteiger partial charge in [-0.3, -0.25) is 0 Å². The van der Waals surface area contributed by atoms with Gasteiger partial charge in [-0.25, -0.2) is 4.98 Å². The number of aromatic nitrogens is 2. The van der Waals surface area contributed by atoms with E-state index in [4.69, 9.17) is 21.1 Å². The SMILES string of the molecule is CCOC(C)(C)Cn1c(CCl)nc2c(OC)cccc21. The summed E-state index contributed by atoms with van der Waals surface area (Å²) < 4.78 is 13.3. The van der Waals surface area contributed by atoms with Crippen LogP contribution in [0.3, 0.4) is 0 Å². The van der Waals surface area contributed by atoms with Crippen LogP contribution >= 0.6 is 11.6 Å². The first kappa shape index (κ1) is 15.1. The van der Waals surface area contributed by atoms with Crippen molar-refractivity contribution in [3.8, 4) is 5.75 Å². The molecule has 4 nitrogen and oxygen atoms in total. The fraction of sp³-hybridized carbons (Fsp3) is 0.533. The predicted octanol–water partition coefficient (Wildman–Crippen LogP) is 3.60. The lowest BCUT2D eigenvalue weighted by atomic mass is 10.1. The van der Waals surface area contributed by atoms with Gasteiger partial charge in [0.1, 0.15) is 17.1 Å². The number of para-hydroxylation sites is 1. The Labute approximate surface area is 124 Å². The lowest BCUT2D eigenvalue weighted by Gasteiger charge is -2.26. The van der Waals surface area contributed by atoms with Crippen LogP contribution in [0.5, 0.6) is 5.75 Å². The molecule has 1 aromatic heterocycles. The van der Waals surface area contributed by atoms with Crippen LogP contribution in [0.25, 0.3) is 11.0 Å². The summed E-state index contributed by atoms with van der Waals surface area (Å²) in [6, 6.07) is 5.90. The second-order valence-electron chi connectivity index (χ2n) is 5.27. The Morgan fingerprint density at radius 1 is 1.35 bits per heavy atom. The summed E-state index contributed by atoms with van der Waals surface area (Å²) in [5, 5.41) is 0. The predicted molar refractivity (Wildman–Crippen MR) is 81.5 cm³/mol. The number of methoxy groups -OCH3 is 1. The molecule has 110 valence electrons. The third-order valence-electron chi connectivity index (χ3n) is 3.23. The number of hydrogen-bond acceptors (Lipinski definition) is 3. The number of rotatable bonds is 6. The van der Waals surface area contributed by atoms with Crippen molar-refractivity contribution in [1.82, 2.24) is 9.55 Å². The molecule has 0 saturated heterocycles. The second-order valence-corrected chi connectivity index (χ2v) is 5.54. The number of nitrogens with zero attached hydrogens (tertiary/aromatic N) is 2. The van der Waals surface area contributed by atoms with Crippen molar-refractivity contribution in [3.05, 3.63) is 24.0 Å². The summed E-state index contributed by atoms with van der Waals surface area (Å²) >= 11 is 6.04. The van der Waals surface area contributed by atoms with Crippen LogP contribution in [0, 0.1) is 0 Å². The first-order chi connectivity index (χ1) is 9.52. The quantitative estimate of drug-likeness (QED) is 0.764. The topological polar surface area (TPSA) is 36.3 Å². The molecule has 0 fully saturated rings. The van der Waals surface area contributed by atoms with Crippen molar-refractivity contribution >= 4 is 22.6 Å². The summed E-state index contributed by atoms with van der Waals surface area (Å²) in [5.74, 6) is 1.96. The number of alkyl halides is 1. The average Bonchev–Trinajstić information content (AvgIpc) is 2.76. The third-order valence-corrected chi connectivity index (χ3v) is 3.47. The van der Waals surface area contributed by atoms with E-state index >= 15 is 0 Å². The van der Waals surface area contributed by atoms with Crippen LogP contribution in [0.15, 0.2) is 18.2 Å². The van der Waals surface area contributed by atoms with Gasteiger partial charge in [-0.15, -0.1) is 11.6 Å². The number of benzene rings is 1. The van der Waals surface area contributed by atoms with Crippen LogP contribution < -0.4 is 4.74 Å². The van der Waals surface area contributed by atoms with E-state index in [1.165, 1.54) is 0 Å². The van der Waals surface area contributed by atoms with Gasteiger partial charge in [0.2, 0.25) is 0 Å². The fourth-order valence-corrected chi connectivity index (χ4v) is 2.63. The van der Waals surface area contributed by atoms with Gasteiger partial charge in [0.25, 0.3) is 0 Å². The smallest absolute Gasteiger partial charge is 0.146 e. The first-order valence-electron chi connectivity index (χ1n) is 6.74. The Kier molecular flexibility index (Phi) is 4.55. The molecule has 0 spiro atoms. The minimum atomic E-state index is -0.272. The van der Waals surface area contributed by atoms with Crippen molar-refractivity contribution < 1.29 is 9.47 Å². The molecule has 0 aliphatic heterocycles. The maximum absolute atomic E-state index is 6.04. The van der Waals surface area contributed by atoms with Gasteiger partial charge in [-0.1, -0.05) is 6.07 Å². The van der Waals surface area contributed by atoms with E-state index in [9.17, 15) is 0 Å².